The number of aromatic nitrogens is 5. The molecule has 0 bridgehead atoms. The predicted octanol–water partition coefficient (Wildman–Crippen LogP) is 4.52. The summed E-state index contributed by atoms with van der Waals surface area (Å²) in [7, 11) is 1.65. The van der Waals surface area contributed by atoms with Crippen LogP contribution in [-0.2, 0) is 22.8 Å². The van der Waals surface area contributed by atoms with Crippen LogP contribution in [0.1, 0.15) is 84.5 Å². The summed E-state index contributed by atoms with van der Waals surface area (Å²) in [6.07, 6.45) is -2.93. The molecule has 1 aromatic carbocycles. The van der Waals surface area contributed by atoms with Gasteiger partial charge in [0.25, 0.3) is 12.3 Å². The van der Waals surface area contributed by atoms with E-state index >= 15 is 0 Å². The zero-order chi connectivity index (χ0) is 39.7. The molecule has 13 nitrogen and oxygen atoms in total. The Labute approximate surface area is 317 Å². The van der Waals surface area contributed by atoms with Crippen LogP contribution >= 0.6 is 0 Å². The van der Waals surface area contributed by atoms with E-state index in [4.69, 9.17) is 0 Å². The van der Waals surface area contributed by atoms with Crippen LogP contribution in [0.2, 0.25) is 0 Å². The number of anilines is 1. The Hall–Kier alpha value is -5.41. The molecule has 2 saturated heterocycles. The number of fused-ring (bicyclic) bond motifs is 1. The zero-order valence-corrected chi connectivity index (χ0v) is 30.5. The number of aryl methyl sites for hydroxylation is 1. The van der Waals surface area contributed by atoms with Crippen LogP contribution in [0.3, 0.4) is 0 Å². The highest BCUT2D eigenvalue weighted by Crippen LogP contribution is 2.36. The Morgan fingerprint density at radius 3 is 2.39 bits per heavy atom. The predicted molar refractivity (Wildman–Crippen MR) is 194 cm³/mol. The third-order valence-corrected chi connectivity index (χ3v) is 10.8. The number of piperazine rings is 1. The first-order chi connectivity index (χ1) is 26.8. The molecule has 4 aromatic rings. The molecular weight excluding hydrogens is 741 g/mol. The number of amides is 3. The summed E-state index contributed by atoms with van der Waals surface area (Å²) in [5, 5.41) is 8.66. The first kappa shape index (κ1) is 38.8. The Kier molecular flexibility index (Phi) is 11.1. The molecule has 2 aliphatic heterocycles. The van der Waals surface area contributed by atoms with E-state index in [1.165, 1.54) is 20.0 Å². The van der Waals surface area contributed by atoms with Gasteiger partial charge in [-0.25, -0.2) is 18.6 Å². The Balaban J connectivity index is 0.900. The maximum Gasteiger partial charge on any atom is 0.433 e. The van der Waals surface area contributed by atoms with Crippen molar-refractivity contribution in [3.8, 4) is 11.8 Å². The molecular formula is C38H40F5N9O4. The summed E-state index contributed by atoms with van der Waals surface area (Å²) in [6, 6.07) is 7.32. The molecule has 56 heavy (non-hydrogen) atoms. The van der Waals surface area contributed by atoms with Crippen molar-refractivity contribution in [2.75, 3.05) is 44.6 Å². The lowest BCUT2D eigenvalue weighted by Crippen LogP contribution is -2.48. The molecule has 0 spiro atoms. The maximum absolute atomic E-state index is 13.9. The van der Waals surface area contributed by atoms with Gasteiger partial charge in [-0.15, -0.1) is 0 Å². The molecule has 296 valence electrons. The lowest BCUT2D eigenvalue weighted by Gasteiger charge is -2.37. The van der Waals surface area contributed by atoms with Crippen molar-refractivity contribution in [1.29, 1.82) is 0 Å². The smallest absolute Gasteiger partial charge is 0.318 e. The van der Waals surface area contributed by atoms with Crippen LogP contribution in [0.25, 0.3) is 11.0 Å². The van der Waals surface area contributed by atoms with E-state index in [0.717, 1.165) is 63.8 Å². The molecule has 3 fully saturated rings. The van der Waals surface area contributed by atoms with Crippen LogP contribution in [0.4, 0.5) is 27.6 Å². The number of carbonyl (C=O) groups is 3. The molecule has 3 aliphatic rings. The standard InChI is InChI=1S/C38H40F5N9O4/c1-48-33-24(5-2-8-28(33)52(37(48)56)29-14-15-31(53)46-36(29)55)6-4-16-49-17-19-50(20-18-49)21-23-10-12-25(13-11-23)51-22-27(32(47-51)34(39)40)45-35(54)26-7-3-9-30(44-26)38(41,42)43/h2-3,5,7-9,22-23,25,29,34H,10-21H2,1H3,(H,45,54)(H,46,53,55). The third kappa shape index (κ3) is 8.24. The molecule has 1 saturated carbocycles. The minimum Gasteiger partial charge on any atom is -0.318 e. The van der Waals surface area contributed by atoms with Gasteiger partial charge >= 0.3 is 11.9 Å². The van der Waals surface area contributed by atoms with E-state index in [2.05, 4.69) is 42.4 Å². The summed E-state index contributed by atoms with van der Waals surface area (Å²) in [6.45, 7) is 4.82. The number of halogens is 5. The van der Waals surface area contributed by atoms with Crippen molar-refractivity contribution in [3.63, 3.8) is 0 Å². The van der Waals surface area contributed by atoms with Crippen molar-refractivity contribution < 1.29 is 36.3 Å². The highest BCUT2D eigenvalue weighted by molar-refractivity contribution is 6.03. The van der Waals surface area contributed by atoms with E-state index in [9.17, 15) is 41.1 Å². The number of hydrogen-bond acceptors (Lipinski definition) is 8. The minimum atomic E-state index is -4.76. The molecule has 3 amide bonds. The monoisotopic (exact) mass is 781 g/mol. The average molecular weight is 782 g/mol. The van der Waals surface area contributed by atoms with Gasteiger partial charge in [0.2, 0.25) is 11.8 Å². The number of nitrogens with zero attached hydrogens (tertiary/aromatic N) is 7. The largest absolute Gasteiger partial charge is 0.433 e. The molecule has 7 rings (SSSR count). The van der Waals surface area contributed by atoms with Crippen LogP contribution < -0.4 is 16.3 Å². The van der Waals surface area contributed by atoms with E-state index in [-0.39, 0.29) is 36.2 Å². The first-order valence-corrected chi connectivity index (χ1v) is 18.5. The lowest BCUT2D eigenvalue weighted by molar-refractivity contribution is -0.141. The number of carbonyl (C=O) groups excluding carboxylic acids is 3. The molecule has 5 heterocycles. The van der Waals surface area contributed by atoms with E-state index < -0.39 is 47.5 Å². The number of rotatable bonds is 8. The number of benzene rings is 1. The summed E-state index contributed by atoms with van der Waals surface area (Å²) >= 11 is 0. The van der Waals surface area contributed by atoms with Crippen LogP contribution in [0.15, 0.2) is 47.4 Å². The van der Waals surface area contributed by atoms with Crippen molar-refractivity contribution in [1.82, 2.24) is 39.0 Å². The molecule has 3 aromatic heterocycles. The quantitative estimate of drug-likeness (QED) is 0.151. The topological polar surface area (TPSA) is 139 Å². The van der Waals surface area contributed by atoms with Crippen LogP contribution in [-0.4, -0.2) is 90.7 Å². The second kappa shape index (κ2) is 16.0. The van der Waals surface area contributed by atoms with Crippen molar-refractivity contribution >= 4 is 34.4 Å². The molecule has 18 heteroatoms. The Morgan fingerprint density at radius 2 is 1.70 bits per heavy atom. The number of pyridine rings is 1. The molecule has 1 aliphatic carbocycles. The molecule has 2 N–H and O–H groups in total. The fourth-order valence-corrected chi connectivity index (χ4v) is 7.86. The van der Waals surface area contributed by atoms with Gasteiger partial charge in [-0.3, -0.25) is 38.4 Å². The zero-order valence-electron chi connectivity index (χ0n) is 30.5. The third-order valence-electron chi connectivity index (χ3n) is 10.8. The summed E-state index contributed by atoms with van der Waals surface area (Å²) in [4.78, 5) is 58.2. The van der Waals surface area contributed by atoms with E-state index in [0.29, 0.717) is 41.9 Å². The minimum absolute atomic E-state index is 0.162. The Bertz CT molecular complexity index is 2250. The number of para-hydroxylation sites is 1. The number of piperidine rings is 1. The summed E-state index contributed by atoms with van der Waals surface area (Å²) in [5.41, 5.74) is -1.17. The maximum atomic E-state index is 13.9. The van der Waals surface area contributed by atoms with Crippen molar-refractivity contribution in [3.05, 3.63) is 75.7 Å². The second-order valence-corrected chi connectivity index (χ2v) is 14.5. The highest BCUT2D eigenvalue weighted by atomic mass is 19.4. The van der Waals surface area contributed by atoms with Crippen molar-refractivity contribution in [2.24, 2.45) is 13.0 Å². The van der Waals surface area contributed by atoms with Gasteiger partial charge in [-0.05, 0) is 62.3 Å². The van der Waals surface area contributed by atoms with E-state index in [1.807, 2.05) is 6.07 Å². The number of hydrogen-bond donors (Lipinski definition) is 2. The van der Waals surface area contributed by atoms with Gasteiger partial charge in [-0.1, -0.05) is 24.0 Å². The molecule has 1 unspecified atom stereocenters. The highest BCUT2D eigenvalue weighted by Gasteiger charge is 2.34. The average Bonchev–Trinajstić information content (AvgIpc) is 3.71. The second-order valence-electron chi connectivity index (χ2n) is 14.5. The fourth-order valence-electron chi connectivity index (χ4n) is 7.86. The lowest BCUT2D eigenvalue weighted by atomic mass is 9.85. The number of imidazole rings is 1. The van der Waals surface area contributed by atoms with Gasteiger partial charge in [-0.2, -0.15) is 18.3 Å². The van der Waals surface area contributed by atoms with Gasteiger partial charge < -0.3 is 10.2 Å². The first-order valence-electron chi connectivity index (χ1n) is 18.5. The van der Waals surface area contributed by atoms with Crippen LogP contribution in [0, 0.1) is 17.8 Å². The molecule has 1 atom stereocenters. The Morgan fingerprint density at radius 1 is 0.982 bits per heavy atom. The normalized spacial score (nSPS) is 21.2. The SMILES string of the molecule is Cn1c(=O)n(C2CCC(=O)NC2=O)c2cccc(C#CCN3CCN(CC4CCC(n5cc(NC(=O)c6cccc(C(F)(F)F)n6)c(C(F)F)n5)CC4)CC3)c21. The van der Waals surface area contributed by atoms with E-state index in [1.54, 1.807) is 19.2 Å². The number of alkyl halides is 5. The summed E-state index contributed by atoms with van der Waals surface area (Å²) < 4.78 is 71.4. The van der Waals surface area contributed by atoms with Gasteiger partial charge in [0, 0.05) is 52.4 Å². The van der Waals surface area contributed by atoms with Gasteiger partial charge in [0.15, 0.2) is 5.69 Å². The van der Waals surface area contributed by atoms with Crippen LogP contribution in [0.5, 0.6) is 0 Å². The van der Waals surface area contributed by atoms with Crippen molar-refractivity contribution in [2.45, 2.75) is 63.2 Å². The number of imide groups is 1. The summed E-state index contributed by atoms with van der Waals surface area (Å²) in [5.74, 6) is 5.01. The van der Waals surface area contributed by atoms with Gasteiger partial charge in [0.1, 0.15) is 17.4 Å². The fraction of sp³-hybridized carbons (Fsp3) is 0.474. The molecule has 0 radical (unpaired) electrons. The van der Waals surface area contributed by atoms with Gasteiger partial charge in [0.05, 0.1) is 34.9 Å². The number of nitrogens with one attached hydrogen (secondary N) is 2.